The highest BCUT2D eigenvalue weighted by molar-refractivity contribution is 7.14. The molecule has 1 unspecified atom stereocenters. The standard InChI is InChI=1S/C20H23N3O4S/c1-20(2,3)16-10-28-19(21-16)22-18(25)13-5-7-17(24)23(13)9-12-4-6-14-15(8-12)27-11-26-14/h4,6,8,10,13H,5,7,9,11H2,1-3H3,(H,21,22,25). The molecule has 28 heavy (non-hydrogen) atoms. The molecular weight excluding hydrogens is 378 g/mol. The molecule has 2 aromatic rings. The number of rotatable bonds is 4. The normalized spacial score (nSPS) is 18.6. The molecule has 0 saturated carbocycles. The zero-order valence-corrected chi connectivity index (χ0v) is 17.0. The number of aromatic nitrogens is 1. The molecule has 0 radical (unpaired) electrons. The maximum absolute atomic E-state index is 12.8. The van der Waals surface area contributed by atoms with Crippen molar-refractivity contribution < 1.29 is 19.1 Å². The number of nitrogens with one attached hydrogen (secondary N) is 1. The number of amides is 2. The molecule has 1 N–H and O–H groups in total. The van der Waals surface area contributed by atoms with Crippen LogP contribution in [0.2, 0.25) is 0 Å². The van der Waals surface area contributed by atoms with Crippen LogP contribution >= 0.6 is 11.3 Å². The van der Waals surface area contributed by atoms with Crippen molar-refractivity contribution in [3.05, 3.63) is 34.8 Å². The van der Waals surface area contributed by atoms with Gasteiger partial charge in [-0.3, -0.25) is 9.59 Å². The van der Waals surface area contributed by atoms with E-state index in [0.717, 1.165) is 11.3 Å². The summed E-state index contributed by atoms with van der Waals surface area (Å²) in [7, 11) is 0. The van der Waals surface area contributed by atoms with Crippen LogP contribution in [0.15, 0.2) is 23.6 Å². The SMILES string of the molecule is CC(C)(C)c1csc(NC(=O)C2CCC(=O)N2Cc2ccc3c(c2)OCO3)n1. The van der Waals surface area contributed by atoms with Crippen LogP contribution in [0.5, 0.6) is 11.5 Å². The predicted molar refractivity (Wildman–Crippen MR) is 106 cm³/mol. The van der Waals surface area contributed by atoms with E-state index >= 15 is 0 Å². The summed E-state index contributed by atoms with van der Waals surface area (Å²) in [4.78, 5) is 31.4. The van der Waals surface area contributed by atoms with Gasteiger partial charge >= 0.3 is 0 Å². The molecule has 0 spiro atoms. The third-order valence-corrected chi connectivity index (χ3v) is 5.68. The minimum absolute atomic E-state index is 0.0210. The number of likely N-dealkylation sites (tertiary alicyclic amines) is 1. The summed E-state index contributed by atoms with van der Waals surface area (Å²) in [5, 5.41) is 5.41. The second kappa shape index (κ2) is 7.09. The molecule has 2 amide bonds. The van der Waals surface area contributed by atoms with Gasteiger partial charge in [-0.15, -0.1) is 11.3 Å². The lowest BCUT2D eigenvalue weighted by atomic mass is 9.93. The van der Waals surface area contributed by atoms with Crippen molar-refractivity contribution in [2.75, 3.05) is 12.1 Å². The van der Waals surface area contributed by atoms with Crippen LogP contribution in [0.3, 0.4) is 0 Å². The lowest BCUT2D eigenvalue weighted by Gasteiger charge is -2.24. The molecule has 1 fully saturated rings. The van der Waals surface area contributed by atoms with Gasteiger partial charge < -0.3 is 19.7 Å². The van der Waals surface area contributed by atoms with E-state index in [4.69, 9.17) is 9.47 Å². The number of hydrogen-bond donors (Lipinski definition) is 1. The quantitative estimate of drug-likeness (QED) is 0.850. The van der Waals surface area contributed by atoms with Crippen molar-refractivity contribution in [3.8, 4) is 11.5 Å². The number of nitrogens with zero attached hydrogens (tertiary/aromatic N) is 2. The Morgan fingerprint density at radius 1 is 1.32 bits per heavy atom. The zero-order valence-electron chi connectivity index (χ0n) is 16.2. The highest BCUT2D eigenvalue weighted by atomic mass is 32.1. The van der Waals surface area contributed by atoms with Gasteiger partial charge in [-0.25, -0.2) is 4.98 Å². The van der Waals surface area contributed by atoms with Crippen LogP contribution in [0.4, 0.5) is 5.13 Å². The molecule has 4 rings (SSSR count). The highest BCUT2D eigenvalue weighted by Crippen LogP contribution is 2.34. The van der Waals surface area contributed by atoms with E-state index in [-0.39, 0.29) is 24.0 Å². The van der Waals surface area contributed by atoms with Crippen LogP contribution in [0, 0.1) is 0 Å². The van der Waals surface area contributed by atoms with Gasteiger partial charge in [0.25, 0.3) is 0 Å². The van der Waals surface area contributed by atoms with Crippen LogP contribution in [0.25, 0.3) is 0 Å². The van der Waals surface area contributed by atoms with Crippen LogP contribution < -0.4 is 14.8 Å². The second-order valence-electron chi connectivity index (χ2n) is 8.04. The van der Waals surface area contributed by atoms with Gasteiger partial charge in [-0.05, 0) is 24.1 Å². The van der Waals surface area contributed by atoms with E-state index in [1.165, 1.54) is 11.3 Å². The first kappa shape index (κ1) is 18.7. The fourth-order valence-electron chi connectivity index (χ4n) is 3.30. The topological polar surface area (TPSA) is 80.8 Å². The first-order valence-electron chi connectivity index (χ1n) is 9.26. The Bertz CT molecular complexity index is 918. The molecule has 148 valence electrons. The lowest BCUT2D eigenvalue weighted by Crippen LogP contribution is -2.41. The zero-order chi connectivity index (χ0) is 19.9. The molecule has 3 heterocycles. The maximum atomic E-state index is 12.8. The second-order valence-corrected chi connectivity index (χ2v) is 8.90. The molecular formula is C20H23N3O4S. The van der Waals surface area contributed by atoms with Gasteiger partial charge in [-0.2, -0.15) is 0 Å². The number of carbonyl (C=O) groups excluding carboxylic acids is 2. The van der Waals surface area contributed by atoms with Crippen molar-refractivity contribution in [3.63, 3.8) is 0 Å². The van der Waals surface area contributed by atoms with Gasteiger partial charge in [0.2, 0.25) is 18.6 Å². The number of thiazole rings is 1. The first-order valence-corrected chi connectivity index (χ1v) is 10.1. The van der Waals surface area contributed by atoms with Crippen molar-refractivity contribution >= 4 is 28.3 Å². The van der Waals surface area contributed by atoms with Crippen molar-refractivity contribution in [2.24, 2.45) is 0 Å². The first-order chi connectivity index (χ1) is 13.3. The largest absolute Gasteiger partial charge is 0.454 e. The van der Waals surface area contributed by atoms with Gasteiger partial charge in [0.05, 0.1) is 5.69 Å². The van der Waals surface area contributed by atoms with Crippen LogP contribution in [0.1, 0.15) is 44.9 Å². The summed E-state index contributed by atoms with van der Waals surface area (Å²) in [6.45, 7) is 6.80. The van der Waals surface area contributed by atoms with E-state index < -0.39 is 6.04 Å². The Morgan fingerprint density at radius 2 is 2.11 bits per heavy atom. The van der Waals surface area contributed by atoms with E-state index in [2.05, 4.69) is 31.1 Å². The maximum Gasteiger partial charge on any atom is 0.248 e. The summed E-state index contributed by atoms with van der Waals surface area (Å²) in [6, 6.07) is 5.08. The molecule has 8 heteroatoms. The summed E-state index contributed by atoms with van der Waals surface area (Å²) in [6.07, 6.45) is 0.875. The molecule has 1 saturated heterocycles. The highest BCUT2D eigenvalue weighted by Gasteiger charge is 2.36. The summed E-state index contributed by atoms with van der Waals surface area (Å²) in [5.74, 6) is 1.15. The van der Waals surface area contributed by atoms with E-state index in [1.807, 2.05) is 23.6 Å². The minimum Gasteiger partial charge on any atom is -0.454 e. The van der Waals surface area contributed by atoms with Gasteiger partial charge in [-0.1, -0.05) is 26.8 Å². The molecule has 1 atom stereocenters. The van der Waals surface area contributed by atoms with E-state index in [9.17, 15) is 9.59 Å². The molecule has 2 aliphatic heterocycles. The van der Waals surface area contributed by atoms with Crippen LogP contribution in [-0.4, -0.2) is 34.5 Å². The van der Waals surface area contributed by atoms with Gasteiger partial charge in [0.15, 0.2) is 16.6 Å². The number of ether oxygens (including phenoxy) is 2. The molecule has 7 nitrogen and oxygen atoms in total. The molecule has 1 aromatic heterocycles. The average Bonchev–Trinajstić information content (AvgIpc) is 3.35. The van der Waals surface area contributed by atoms with Crippen molar-refractivity contribution in [1.29, 1.82) is 0 Å². The number of hydrogen-bond acceptors (Lipinski definition) is 6. The Labute approximate surface area is 167 Å². The Hall–Kier alpha value is -2.61. The predicted octanol–water partition coefficient (Wildman–Crippen LogP) is 3.30. The number of carbonyl (C=O) groups is 2. The van der Waals surface area contributed by atoms with Gasteiger partial charge in [0, 0.05) is 23.8 Å². The number of fused-ring (bicyclic) bond motifs is 1. The average molecular weight is 401 g/mol. The third-order valence-electron chi connectivity index (χ3n) is 4.92. The van der Waals surface area contributed by atoms with Gasteiger partial charge in [0.1, 0.15) is 6.04 Å². The molecule has 0 aliphatic carbocycles. The van der Waals surface area contributed by atoms with Crippen molar-refractivity contribution in [2.45, 2.75) is 51.6 Å². The molecule has 0 bridgehead atoms. The summed E-state index contributed by atoms with van der Waals surface area (Å²) in [5.41, 5.74) is 1.77. The monoisotopic (exact) mass is 401 g/mol. The summed E-state index contributed by atoms with van der Waals surface area (Å²) >= 11 is 1.41. The Balaban J connectivity index is 1.46. The fourth-order valence-corrected chi connectivity index (χ4v) is 4.24. The summed E-state index contributed by atoms with van der Waals surface area (Å²) < 4.78 is 10.7. The van der Waals surface area contributed by atoms with Crippen molar-refractivity contribution in [1.82, 2.24) is 9.88 Å². The smallest absolute Gasteiger partial charge is 0.248 e. The Kier molecular flexibility index (Phi) is 4.74. The number of benzene rings is 1. The van der Waals surface area contributed by atoms with E-state index in [0.29, 0.717) is 36.0 Å². The minimum atomic E-state index is -0.500. The van der Waals surface area contributed by atoms with E-state index in [1.54, 1.807) is 4.90 Å². The number of anilines is 1. The molecule has 2 aliphatic rings. The fraction of sp³-hybridized carbons (Fsp3) is 0.450. The van der Waals surface area contributed by atoms with Crippen LogP contribution in [-0.2, 0) is 21.5 Å². The Morgan fingerprint density at radius 3 is 2.86 bits per heavy atom. The third kappa shape index (κ3) is 3.69. The lowest BCUT2D eigenvalue weighted by molar-refractivity contribution is -0.133. The molecule has 1 aromatic carbocycles.